The summed E-state index contributed by atoms with van der Waals surface area (Å²) in [5, 5.41) is 0.892. The predicted molar refractivity (Wildman–Crippen MR) is 140 cm³/mol. The third-order valence-electron chi connectivity index (χ3n) is 6.78. The van der Waals surface area contributed by atoms with Crippen LogP contribution < -0.4 is 5.56 Å². The first-order valence-corrected chi connectivity index (χ1v) is 13.1. The summed E-state index contributed by atoms with van der Waals surface area (Å²) in [5.41, 5.74) is 0.840. The van der Waals surface area contributed by atoms with Crippen LogP contribution in [0.4, 0.5) is 4.79 Å². The summed E-state index contributed by atoms with van der Waals surface area (Å²) in [6.45, 7) is 6.48. The van der Waals surface area contributed by atoms with Crippen molar-refractivity contribution in [3.05, 3.63) is 68.1 Å². The van der Waals surface area contributed by atoms with E-state index in [-0.39, 0.29) is 30.0 Å². The molecule has 2 heterocycles. The Labute approximate surface area is 221 Å². The van der Waals surface area contributed by atoms with Crippen molar-refractivity contribution in [2.45, 2.75) is 64.1 Å². The number of ether oxygens (including phenoxy) is 1. The number of pyridine rings is 1. The second kappa shape index (κ2) is 10.5. The van der Waals surface area contributed by atoms with E-state index in [1.54, 1.807) is 30.3 Å². The van der Waals surface area contributed by atoms with Crippen molar-refractivity contribution < 1.29 is 14.3 Å². The van der Waals surface area contributed by atoms with Gasteiger partial charge in [0, 0.05) is 45.0 Å². The Bertz CT molecular complexity index is 1200. The van der Waals surface area contributed by atoms with Crippen molar-refractivity contribution in [3.8, 4) is 0 Å². The molecular weight excluding hydrogens is 501 g/mol. The van der Waals surface area contributed by atoms with Crippen molar-refractivity contribution in [3.63, 3.8) is 0 Å². The number of nitrogens with zero attached hydrogens (tertiary/aromatic N) is 3. The zero-order chi connectivity index (χ0) is 26.2. The van der Waals surface area contributed by atoms with E-state index in [0.717, 1.165) is 24.0 Å². The minimum atomic E-state index is -0.636. The molecule has 0 N–H and O–H groups in total. The Morgan fingerprint density at radius 2 is 1.86 bits per heavy atom. The average Bonchev–Trinajstić information content (AvgIpc) is 3.65. The van der Waals surface area contributed by atoms with Gasteiger partial charge in [-0.2, -0.15) is 0 Å². The van der Waals surface area contributed by atoms with Gasteiger partial charge in [-0.3, -0.25) is 9.59 Å². The molecule has 2 fully saturated rings. The fourth-order valence-corrected chi connectivity index (χ4v) is 5.11. The molecule has 2 atom stereocenters. The van der Waals surface area contributed by atoms with Crippen LogP contribution in [0.5, 0.6) is 0 Å². The quantitative estimate of drug-likeness (QED) is 0.527. The summed E-state index contributed by atoms with van der Waals surface area (Å²) in [5.74, 6) is -0.759. The lowest BCUT2D eigenvalue weighted by atomic mass is 9.79. The van der Waals surface area contributed by atoms with E-state index in [0.29, 0.717) is 29.6 Å². The van der Waals surface area contributed by atoms with Gasteiger partial charge in [0.25, 0.3) is 5.56 Å². The molecule has 36 heavy (non-hydrogen) atoms. The van der Waals surface area contributed by atoms with E-state index < -0.39 is 17.6 Å². The smallest absolute Gasteiger partial charge is 0.410 e. The van der Waals surface area contributed by atoms with Crippen LogP contribution in [0.25, 0.3) is 0 Å². The van der Waals surface area contributed by atoms with Crippen molar-refractivity contribution in [2.75, 3.05) is 13.1 Å². The number of aromatic nitrogens is 1. The lowest BCUT2D eigenvalue weighted by molar-refractivity contribution is -0.139. The van der Waals surface area contributed by atoms with Crippen LogP contribution in [-0.2, 0) is 23.1 Å². The molecule has 9 heteroatoms. The Morgan fingerprint density at radius 1 is 1.14 bits per heavy atom. The van der Waals surface area contributed by atoms with Crippen molar-refractivity contribution in [2.24, 2.45) is 13.0 Å². The normalized spacial score (nSPS) is 20.2. The number of carbonyl (C=O) groups excluding carboxylic acids is 2. The molecular formula is C27H33Cl2N3O4. The van der Waals surface area contributed by atoms with Gasteiger partial charge in [0.05, 0.1) is 16.0 Å². The molecule has 0 radical (unpaired) electrons. The fraction of sp³-hybridized carbons (Fsp3) is 0.519. The maximum atomic E-state index is 14.2. The molecule has 4 rings (SSSR count). The molecule has 1 aliphatic heterocycles. The van der Waals surface area contributed by atoms with Gasteiger partial charge in [0.1, 0.15) is 5.60 Å². The molecule has 1 saturated heterocycles. The first-order chi connectivity index (χ1) is 16.9. The standard InChI is InChI=1S/C27H33Cl2N3O4/c1-27(2,3)36-26(35)31-13-11-20(17-10-12-30(4)23(33)14-17)21(16-31)25(34)32(19-8-9-19)15-18-6-5-7-22(28)24(18)29/h5-7,10,12,14,19-21H,8-9,11,13,15-16H2,1-4H3/t20-,21+/m1/s1. The number of hydrogen-bond acceptors (Lipinski definition) is 4. The summed E-state index contributed by atoms with van der Waals surface area (Å²) in [6, 6.07) is 9.04. The zero-order valence-corrected chi connectivity index (χ0v) is 22.7. The van der Waals surface area contributed by atoms with Gasteiger partial charge in [-0.1, -0.05) is 35.3 Å². The number of likely N-dealkylation sites (tertiary alicyclic amines) is 1. The maximum absolute atomic E-state index is 14.2. The first kappa shape index (κ1) is 26.6. The van der Waals surface area contributed by atoms with E-state index in [1.807, 2.05) is 43.9 Å². The number of benzene rings is 1. The zero-order valence-electron chi connectivity index (χ0n) is 21.2. The van der Waals surface area contributed by atoms with Crippen LogP contribution >= 0.6 is 23.2 Å². The second-order valence-electron chi connectivity index (χ2n) is 10.7. The number of aryl methyl sites for hydroxylation is 1. The summed E-state index contributed by atoms with van der Waals surface area (Å²) in [6.07, 6.45) is 3.69. The predicted octanol–water partition coefficient (Wildman–Crippen LogP) is 5.22. The molecule has 1 aromatic heterocycles. The van der Waals surface area contributed by atoms with Crippen LogP contribution in [-0.4, -0.2) is 51.1 Å². The van der Waals surface area contributed by atoms with E-state index >= 15 is 0 Å². The van der Waals surface area contributed by atoms with E-state index in [1.165, 1.54) is 4.57 Å². The lowest BCUT2D eigenvalue weighted by Gasteiger charge is -2.40. The van der Waals surface area contributed by atoms with E-state index in [2.05, 4.69) is 0 Å². The van der Waals surface area contributed by atoms with Crippen LogP contribution in [0.2, 0.25) is 10.0 Å². The van der Waals surface area contributed by atoms with Crippen LogP contribution in [0, 0.1) is 5.92 Å². The average molecular weight is 534 g/mol. The van der Waals surface area contributed by atoms with Gasteiger partial charge in [-0.05, 0) is 69.2 Å². The minimum Gasteiger partial charge on any atom is -0.444 e. The van der Waals surface area contributed by atoms with Crippen molar-refractivity contribution in [1.82, 2.24) is 14.4 Å². The third-order valence-corrected chi connectivity index (χ3v) is 7.64. The number of carbonyl (C=O) groups is 2. The van der Waals surface area contributed by atoms with Gasteiger partial charge in [0.2, 0.25) is 5.91 Å². The van der Waals surface area contributed by atoms with Crippen LogP contribution in [0.15, 0.2) is 41.3 Å². The molecule has 2 aliphatic rings. The molecule has 1 aliphatic carbocycles. The Morgan fingerprint density at radius 3 is 2.50 bits per heavy atom. The maximum Gasteiger partial charge on any atom is 0.410 e. The molecule has 0 spiro atoms. The number of rotatable bonds is 5. The molecule has 2 aromatic rings. The summed E-state index contributed by atoms with van der Waals surface area (Å²) < 4.78 is 7.11. The van der Waals surface area contributed by atoms with Crippen molar-refractivity contribution >= 4 is 35.2 Å². The van der Waals surface area contributed by atoms with Gasteiger partial charge >= 0.3 is 6.09 Å². The molecule has 7 nitrogen and oxygen atoms in total. The number of hydrogen-bond donors (Lipinski definition) is 0. The highest BCUT2D eigenvalue weighted by molar-refractivity contribution is 6.42. The number of amides is 2. The SMILES string of the molecule is Cn1ccc([C@H]2CCN(C(=O)OC(C)(C)C)C[C@@H]2C(=O)N(Cc2cccc(Cl)c2Cl)C2CC2)cc1=O. The second-order valence-corrected chi connectivity index (χ2v) is 11.5. The molecule has 194 valence electrons. The van der Waals surface area contributed by atoms with Gasteiger partial charge in [-0.25, -0.2) is 4.79 Å². The highest BCUT2D eigenvalue weighted by atomic mass is 35.5. The van der Waals surface area contributed by atoms with Gasteiger partial charge in [0.15, 0.2) is 0 Å². The first-order valence-electron chi connectivity index (χ1n) is 12.3. The highest BCUT2D eigenvalue weighted by Gasteiger charge is 2.43. The topological polar surface area (TPSA) is 71.8 Å². The molecule has 0 bridgehead atoms. The monoisotopic (exact) mass is 533 g/mol. The van der Waals surface area contributed by atoms with Crippen LogP contribution in [0.1, 0.15) is 57.1 Å². The van der Waals surface area contributed by atoms with Crippen molar-refractivity contribution in [1.29, 1.82) is 0 Å². The fourth-order valence-electron chi connectivity index (χ4n) is 4.73. The van der Waals surface area contributed by atoms with E-state index in [4.69, 9.17) is 27.9 Å². The highest BCUT2D eigenvalue weighted by Crippen LogP contribution is 2.38. The summed E-state index contributed by atoms with van der Waals surface area (Å²) in [4.78, 5) is 43.0. The Balaban J connectivity index is 1.65. The molecule has 0 unspecified atom stereocenters. The largest absolute Gasteiger partial charge is 0.444 e. The van der Waals surface area contributed by atoms with E-state index in [9.17, 15) is 14.4 Å². The lowest BCUT2D eigenvalue weighted by Crippen LogP contribution is -2.51. The van der Waals surface area contributed by atoms with Gasteiger partial charge in [-0.15, -0.1) is 0 Å². The number of halogens is 2. The summed E-state index contributed by atoms with van der Waals surface area (Å²) >= 11 is 12.7. The molecule has 1 saturated carbocycles. The number of piperidine rings is 1. The molecule has 2 amide bonds. The third kappa shape index (κ3) is 6.06. The Kier molecular flexibility index (Phi) is 7.72. The molecule has 1 aromatic carbocycles. The summed E-state index contributed by atoms with van der Waals surface area (Å²) in [7, 11) is 1.70. The van der Waals surface area contributed by atoms with Gasteiger partial charge < -0.3 is 19.1 Å². The van der Waals surface area contributed by atoms with Crippen LogP contribution in [0.3, 0.4) is 0 Å². The Hall–Kier alpha value is -2.51. The minimum absolute atomic E-state index is 0.0486.